The molecule has 0 radical (unpaired) electrons. The Morgan fingerprint density at radius 1 is 0.968 bits per heavy atom. The summed E-state index contributed by atoms with van der Waals surface area (Å²) in [6, 6.07) is 13.4. The zero-order valence-electron chi connectivity index (χ0n) is 17.3. The summed E-state index contributed by atoms with van der Waals surface area (Å²) in [5.74, 6) is -0.319. The molecule has 1 aliphatic heterocycles. The molecule has 3 N–H and O–H groups in total. The Labute approximate surface area is 185 Å². The van der Waals surface area contributed by atoms with Gasteiger partial charge in [-0.05, 0) is 87.0 Å². The van der Waals surface area contributed by atoms with E-state index in [2.05, 4.69) is 5.32 Å². The number of hydrogen-bond acceptors (Lipinski definition) is 6. The van der Waals surface area contributed by atoms with Crippen LogP contribution in [0, 0.1) is 5.41 Å². The van der Waals surface area contributed by atoms with Gasteiger partial charge in [0.1, 0.15) is 12.0 Å². The minimum atomic E-state index is -0.587. The van der Waals surface area contributed by atoms with Crippen molar-refractivity contribution in [2.45, 2.75) is 41.7 Å². The summed E-state index contributed by atoms with van der Waals surface area (Å²) in [7, 11) is 0. The van der Waals surface area contributed by atoms with Gasteiger partial charge < -0.3 is 15.8 Å². The van der Waals surface area contributed by atoms with Crippen molar-refractivity contribution in [3.63, 3.8) is 0 Å². The van der Waals surface area contributed by atoms with E-state index in [0.717, 1.165) is 56.4 Å². The molecule has 1 amide bonds. The number of nitrogens with one attached hydrogen (secondary N) is 1. The molecule has 0 bridgehead atoms. The van der Waals surface area contributed by atoms with Crippen molar-refractivity contribution in [2.24, 2.45) is 11.1 Å². The highest BCUT2D eigenvalue weighted by molar-refractivity contribution is 8.01. The molecule has 1 saturated carbocycles. The van der Waals surface area contributed by atoms with Crippen LogP contribution in [0.4, 0.5) is 0 Å². The number of hydrogen-bond donors (Lipinski definition) is 2. The first-order chi connectivity index (χ1) is 14.9. The molecule has 0 aromatic heterocycles. The van der Waals surface area contributed by atoms with Gasteiger partial charge in [0.15, 0.2) is 0 Å². The molecule has 1 aliphatic carbocycles. The average molecular weight is 439 g/mol. The Hall–Kier alpha value is -2.64. The van der Waals surface area contributed by atoms with E-state index in [1.165, 1.54) is 11.8 Å². The van der Waals surface area contributed by atoms with Crippen LogP contribution in [0.15, 0.2) is 53.4 Å². The van der Waals surface area contributed by atoms with E-state index in [0.29, 0.717) is 16.9 Å². The summed E-state index contributed by atoms with van der Waals surface area (Å²) in [6.07, 6.45) is 5.54. The second-order valence-electron chi connectivity index (χ2n) is 8.49. The molecule has 31 heavy (non-hydrogen) atoms. The van der Waals surface area contributed by atoms with Crippen molar-refractivity contribution in [1.29, 1.82) is 0 Å². The number of benzene rings is 2. The molecule has 2 aliphatic rings. The van der Waals surface area contributed by atoms with Crippen LogP contribution in [0.1, 0.15) is 52.8 Å². The summed E-state index contributed by atoms with van der Waals surface area (Å²) in [6.45, 7) is 1.99. The maximum atomic E-state index is 12.5. The molecule has 162 valence electrons. The average Bonchev–Trinajstić information content (AvgIpc) is 3.14. The first kappa shape index (κ1) is 21.6. The monoisotopic (exact) mass is 438 g/mol. The lowest BCUT2D eigenvalue weighted by Gasteiger charge is -2.35. The number of piperidine rings is 1. The summed E-state index contributed by atoms with van der Waals surface area (Å²) in [5, 5.41) is 3.40. The fraction of sp³-hybridized carbons (Fsp3) is 0.375. The molecule has 2 fully saturated rings. The summed E-state index contributed by atoms with van der Waals surface area (Å²) in [5.41, 5.74) is 6.97. The Kier molecular flexibility index (Phi) is 6.16. The quantitative estimate of drug-likeness (QED) is 0.406. The number of primary amides is 1. The molecular weight excluding hydrogens is 412 g/mol. The molecular formula is C24H26N2O4S. The molecule has 1 saturated heterocycles. The van der Waals surface area contributed by atoms with Crippen molar-refractivity contribution in [3.8, 4) is 5.75 Å². The second-order valence-corrected chi connectivity index (χ2v) is 9.95. The third-order valence-corrected chi connectivity index (χ3v) is 7.91. The number of ether oxygens (including phenoxy) is 1. The molecule has 1 unspecified atom stereocenters. The van der Waals surface area contributed by atoms with E-state index in [1.54, 1.807) is 36.4 Å². The van der Waals surface area contributed by atoms with Crippen LogP contribution >= 0.6 is 11.8 Å². The van der Waals surface area contributed by atoms with Gasteiger partial charge in [0, 0.05) is 10.5 Å². The second kappa shape index (κ2) is 8.85. The van der Waals surface area contributed by atoms with E-state index < -0.39 is 10.7 Å². The van der Waals surface area contributed by atoms with Crippen LogP contribution in [0.3, 0.4) is 0 Å². The fourth-order valence-electron chi connectivity index (χ4n) is 4.65. The van der Waals surface area contributed by atoms with Crippen LogP contribution in [0.2, 0.25) is 0 Å². The van der Waals surface area contributed by atoms with E-state index in [9.17, 15) is 14.4 Å². The van der Waals surface area contributed by atoms with Gasteiger partial charge in [0.2, 0.25) is 5.91 Å². The standard InChI is InChI=1S/C24H26N2O4S/c25-22(29)24(10-9-23(16-24)11-13-26-14-12-23)31-20-7-5-19(6-8-20)30-21(28)18-3-1-17(15-27)2-4-18/h1-8,15,26H,9-14,16H2,(H2,25,29). The number of aldehydes is 1. The van der Waals surface area contributed by atoms with Gasteiger partial charge in [-0.25, -0.2) is 4.79 Å². The molecule has 1 spiro atoms. The van der Waals surface area contributed by atoms with Crippen molar-refractivity contribution >= 4 is 29.9 Å². The number of thioether (sulfide) groups is 1. The Balaban J connectivity index is 1.43. The van der Waals surface area contributed by atoms with Gasteiger partial charge in [-0.15, -0.1) is 11.8 Å². The van der Waals surface area contributed by atoms with Gasteiger partial charge in [-0.2, -0.15) is 0 Å². The van der Waals surface area contributed by atoms with Crippen LogP contribution < -0.4 is 15.8 Å². The minimum absolute atomic E-state index is 0.210. The predicted octanol–water partition coefficient (Wildman–Crippen LogP) is 3.59. The van der Waals surface area contributed by atoms with Crippen LogP contribution in [-0.4, -0.2) is 36.0 Å². The summed E-state index contributed by atoms with van der Waals surface area (Å²) in [4.78, 5) is 36.4. The minimum Gasteiger partial charge on any atom is -0.423 e. The fourth-order valence-corrected chi connectivity index (χ4v) is 6.05. The summed E-state index contributed by atoms with van der Waals surface area (Å²) >= 11 is 1.53. The molecule has 1 atom stereocenters. The lowest BCUT2D eigenvalue weighted by Crippen LogP contribution is -2.42. The first-order valence-electron chi connectivity index (χ1n) is 10.5. The highest BCUT2D eigenvalue weighted by atomic mass is 32.2. The third kappa shape index (κ3) is 4.67. The molecule has 7 heteroatoms. The normalized spacial score (nSPS) is 22.2. The lowest BCUT2D eigenvalue weighted by atomic mass is 9.77. The Bertz CT molecular complexity index is 968. The van der Waals surface area contributed by atoms with E-state index in [1.807, 2.05) is 12.1 Å². The molecule has 2 aromatic rings. The van der Waals surface area contributed by atoms with E-state index in [-0.39, 0.29) is 11.3 Å². The van der Waals surface area contributed by atoms with Gasteiger partial charge in [-0.3, -0.25) is 9.59 Å². The van der Waals surface area contributed by atoms with Crippen LogP contribution in [-0.2, 0) is 4.79 Å². The zero-order chi connectivity index (χ0) is 21.9. The number of rotatable bonds is 6. The van der Waals surface area contributed by atoms with Crippen molar-refractivity contribution < 1.29 is 19.1 Å². The summed E-state index contributed by atoms with van der Waals surface area (Å²) < 4.78 is 4.84. The highest BCUT2D eigenvalue weighted by Gasteiger charge is 2.52. The van der Waals surface area contributed by atoms with Gasteiger partial charge in [0.25, 0.3) is 0 Å². The maximum Gasteiger partial charge on any atom is 0.343 e. The third-order valence-electron chi connectivity index (χ3n) is 6.46. The Morgan fingerprint density at radius 3 is 2.26 bits per heavy atom. The lowest BCUT2D eigenvalue weighted by molar-refractivity contribution is -0.120. The van der Waals surface area contributed by atoms with E-state index >= 15 is 0 Å². The van der Waals surface area contributed by atoms with E-state index in [4.69, 9.17) is 10.5 Å². The first-order valence-corrected chi connectivity index (χ1v) is 11.3. The van der Waals surface area contributed by atoms with Crippen molar-refractivity contribution in [2.75, 3.05) is 13.1 Å². The van der Waals surface area contributed by atoms with Crippen LogP contribution in [0.5, 0.6) is 5.75 Å². The Morgan fingerprint density at radius 2 is 1.65 bits per heavy atom. The largest absolute Gasteiger partial charge is 0.423 e. The topological polar surface area (TPSA) is 98.5 Å². The highest BCUT2D eigenvalue weighted by Crippen LogP contribution is 2.56. The molecule has 4 rings (SSSR count). The number of esters is 1. The van der Waals surface area contributed by atoms with Crippen molar-refractivity contribution in [3.05, 3.63) is 59.7 Å². The van der Waals surface area contributed by atoms with Gasteiger partial charge in [0.05, 0.1) is 10.3 Å². The predicted molar refractivity (Wildman–Crippen MR) is 119 cm³/mol. The zero-order valence-corrected chi connectivity index (χ0v) is 18.1. The SMILES string of the molecule is NC(=O)C1(Sc2ccc(OC(=O)c3ccc(C=O)cc3)cc2)CCC2(CCNCC2)C1. The van der Waals surface area contributed by atoms with Crippen molar-refractivity contribution in [1.82, 2.24) is 5.32 Å². The molecule has 1 heterocycles. The number of carbonyl (C=O) groups excluding carboxylic acids is 3. The number of nitrogens with two attached hydrogens (primary N) is 1. The maximum absolute atomic E-state index is 12.5. The van der Waals surface area contributed by atoms with Gasteiger partial charge in [-0.1, -0.05) is 12.1 Å². The molecule has 2 aromatic carbocycles. The smallest absolute Gasteiger partial charge is 0.343 e. The number of carbonyl (C=O) groups is 3. The molecule has 6 nitrogen and oxygen atoms in total. The van der Waals surface area contributed by atoms with Crippen LogP contribution in [0.25, 0.3) is 0 Å². The van der Waals surface area contributed by atoms with Gasteiger partial charge >= 0.3 is 5.97 Å². The number of amides is 1.